The number of ether oxygens (including phenoxy) is 1. The molecule has 2 aromatic heterocycles. The average molecular weight is 336 g/mol. The number of nitrogens with two attached hydrogens (primary N) is 1. The van der Waals surface area contributed by atoms with Crippen molar-refractivity contribution in [3.8, 4) is 0 Å². The maximum atomic E-state index is 13.9. The number of anilines is 1. The zero-order valence-corrected chi connectivity index (χ0v) is 13.0. The van der Waals surface area contributed by atoms with E-state index in [9.17, 15) is 9.18 Å². The first kappa shape index (κ1) is 15.1. The van der Waals surface area contributed by atoms with Crippen LogP contribution in [0.1, 0.15) is 16.1 Å². The van der Waals surface area contributed by atoms with E-state index in [2.05, 4.69) is 9.97 Å². The molecule has 0 aliphatic rings. The lowest BCUT2D eigenvalue weighted by Crippen LogP contribution is -2.05. The number of nitrogens with zero attached hydrogens (tertiary/aromatic N) is 3. The van der Waals surface area contributed by atoms with E-state index in [4.69, 9.17) is 10.5 Å². The Morgan fingerprint density at radius 1 is 1.12 bits per heavy atom. The second kappa shape index (κ2) is 5.86. The SMILES string of the molecule is Nc1nc2c(F)cccc2c2nc(C(=O)OCc3ccccc3)cn12. The van der Waals surface area contributed by atoms with Crippen molar-refractivity contribution in [2.24, 2.45) is 0 Å². The molecule has 0 bridgehead atoms. The number of rotatable bonds is 3. The molecule has 0 aliphatic heterocycles. The fourth-order valence-corrected chi connectivity index (χ4v) is 2.62. The summed E-state index contributed by atoms with van der Waals surface area (Å²) in [5.74, 6) is -1.04. The van der Waals surface area contributed by atoms with Gasteiger partial charge in [0.15, 0.2) is 5.69 Å². The normalized spacial score (nSPS) is 11.1. The van der Waals surface area contributed by atoms with Gasteiger partial charge in [0.25, 0.3) is 0 Å². The first-order chi connectivity index (χ1) is 12.1. The summed E-state index contributed by atoms with van der Waals surface area (Å²) < 4.78 is 20.6. The van der Waals surface area contributed by atoms with E-state index in [-0.39, 0.29) is 23.8 Å². The van der Waals surface area contributed by atoms with Gasteiger partial charge in [0, 0.05) is 11.6 Å². The number of carbonyl (C=O) groups is 1. The van der Waals surface area contributed by atoms with E-state index in [1.807, 2.05) is 30.3 Å². The topological polar surface area (TPSA) is 82.5 Å². The van der Waals surface area contributed by atoms with Crippen LogP contribution in [0.15, 0.2) is 54.7 Å². The molecule has 0 amide bonds. The first-order valence-corrected chi connectivity index (χ1v) is 7.57. The molecule has 0 radical (unpaired) electrons. The second-order valence-corrected chi connectivity index (χ2v) is 5.49. The third kappa shape index (κ3) is 2.65. The van der Waals surface area contributed by atoms with Crippen LogP contribution in [0.3, 0.4) is 0 Å². The molecular formula is C18H13FN4O2. The van der Waals surface area contributed by atoms with Crippen LogP contribution in [0, 0.1) is 5.82 Å². The van der Waals surface area contributed by atoms with Crippen LogP contribution in [-0.4, -0.2) is 20.3 Å². The molecule has 2 aromatic carbocycles. The number of esters is 1. The maximum Gasteiger partial charge on any atom is 0.358 e. The fourth-order valence-electron chi connectivity index (χ4n) is 2.62. The lowest BCUT2D eigenvalue weighted by molar-refractivity contribution is 0.0466. The molecule has 6 nitrogen and oxygen atoms in total. The van der Waals surface area contributed by atoms with Gasteiger partial charge in [-0.2, -0.15) is 0 Å². The summed E-state index contributed by atoms with van der Waals surface area (Å²) in [5.41, 5.74) is 7.28. The number of hydrogen-bond acceptors (Lipinski definition) is 5. The molecule has 7 heteroatoms. The van der Waals surface area contributed by atoms with E-state index in [1.165, 1.54) is 16.7 Å². The molecule has 0 saturated carbocycles. The molecule has 4 aromatic rings. The Hall–Kier alpha value is -3.48. The Morgan fingerprint density at radius 2 is 1.92 bits per heavy atom. The van der Waals surface area contributed by atoms with Gasteiger partial charge >= 0.3 is 5.97 Å². The molecule has 124 valence electrons. The monoisotopic (exact) mass is 336 g/mol. The molecule has 0 atom stereocenters. The quantitative estimate of drug-likeness (QED) is 0.582. The highest BCUT2D eigenvalue weighted by Crippen LogP contribution is 2.23. The minimum absolute atomic E-state index is 0.0437. The summed E-state index contributed by atoms with van der Waals surface area (Å²) in [7, 11) is 0. The summed E-state index contributed by atoms with van der Waals surface area (Å²) in [6.45, 7) is 0.136. The molecular weight excluding hydrogens is 323 g/mol. The third-order valence-corrected chi connectivity index (χ3v) is 3.83. The fraction of sp³-hybridized carbons (Fsp3) is 0.0556. The Kier molecular flexibility index (Phi) is 3.53. The van der Waals surface area contributed by atoms with Gasteiger partial charge in [-0.25, -0.2) is 19.2 Å². The molecule has 4 rings (SSSR count). The highest BCUT2D eigenvalue weighted by molar-refractivity contribution is 5.95. The van der Waals surface area contributed by atoms with Crippen LogP contribution in [0.4, 0.5) is 10.3 Å². The van der Waals surface area contributed by atoms with Crippen LogP contribution in [0.2, 0.25) is 0 Å². The van der Waals surface area contributed by atoms with Crippen LogP contribution in [0.25, 0.3) is 16.6 Å². The summed E-state index contributed by atoms with van der Waals surface area (Å²) in [6, 6.07) is 13.8. The predicted octanol–water partition coefficient (Wildman–Crippen LogP) is 2.96. The van der Waals surface area contributed by atoms with E-state index >= 15 is 0 Å². The van der Waals surface area contributed by atoms with E-state index in [0.717, 1.165) is 5.56 Å². The first-order valence-electron chi connectivity index (χ1n) is 7.57. The van der Waals surface area contributed by atoms with E-state index < -0.39 is 11.8 Å². The van der Waals surface area contributed by atoms with Crippen LogP contribution in [-0.2, 0) is 11.3 Å². The van der Waals surface area contributed by atoms with Crippen molar-refractivity contribution >= 4 is 28.5 Å². The standard InChI is InChI=1S/C18H13FN4O2/c19-13-8-4-7-12-15(13)22-18(20)23-9-14(21-16(12)23)17(24)25-10-11-5-2-1-3-6-11/h1-9H,10H2,(H2,20,22). The van der Waals surface area contributed by atoms with Crippen molar-refractivity contribution in [3.05, 3.63) is 71.8 Å². The number of aromatic nitrogens is 3. The van der Waals surface area contributed by atoms with Gasteiger partial charge in [0.05, 0.1) is 0 Å². The van der Waals surface area contributed by atoms with E-state index in [0.29, 0.717) is 11.0 Å². The summed E-state index contributed by atoms with van der Waals surface area (Å²) in [5, 5.41) is 0.469. The van der Waals surface area contributed by atoms with Crippen molar-refractivity contribution in [3.63, 3.8) is 0 Å². The minimum Gasteiger partial charge on any atom is -0.456 e. The Bertz CT molecular complexity index is 1090. The van der Waals surface area contributed by atoms with Crippen molar-refractivity contribution in [1.82, 2.24) is 14.4 Å². The average Bonchev–Trinajstić information content (AvgIpc) is 3.08. The Labute approximate surface area is 141 Å². The molecule has 0 fully saturated rings. The van der Waals surface area contributed by atoms with Crippen molar-refractivity contribution < 1.29 is 13.9 Å². The van der Waals surface area contributed by atoms with Gasteiger partial charge in [-0.05, 0) is 17.7 Å². The van der Waals surface area contributed by atoms with Crippen LogP contribution in [0.5, 0.6) is 0 Å². The molecule has 0 unspecified atom stereocenters. The lowest BCUT2D eigenvalue weighted by atomic mass is 10.2. The maximum absolute atomic E-state index is 13.9. The summed E-state index contributed by atoms with van der Waals surface area (Å²) in [4.78, 5) is 20.6. The zero-order valence-electron chi connectivity index (χ0n) is 13.0. The van der Waals surface area contributed by atoms with Gasteiger partial charge in [0.1, 0.15) is 23.6 Å². The number of imidazole rings is 1. The number of fused-ring (bicyclic) bond motifs is 3. The Balaban J connectivity index is 1.71. The number of nitrogen functional groups attached to an aromatic ring is 1. The largest absolute Gasteiger partial charge is 0.456 e. The number of benzene rings is 2. The molecule has 0 aliphatic carbocycles. The van der Waals surface area contributed by atoms with Gasteiger partial charge < -0.3 is 10.5 Å². The van der Waals surface area contributed by atoms with Crippen molar-refractivity contribution in [1.29, 1.82) is 0 Å². The molecule has 25 heavy (non-hydrogen) atoms. The highest BCUT2D eigenvalue weighted by Gasteiger charge is 2.17. The second-order valence-electron chi connectivity index (χ2n) is 5.49. The number of hydrogen-bond donors (Lipinski definition) is 1. The number of halogens is 1. The van der Waals surface area contributed by atoms with Gasteiger partial charge in [-0.1, -0.05) is 36.4 Å². The van der Waals surface area contributed by atoms with Gasteiger partial charge in [-0.15, -0.1) is 0 Å². The van der Waals surface area contributed by atoms with Gasteiger partial charge in [-0.3, -0.25) is 4.40 Å². The predicted molar refractivity (Wildman–Crippen MR) is 90.4 cm³/mol. The minimum atomic E-state index is -0.587. The Morgan fingerprint density at radius 3 is 2.72 bits per heavy atom. The number of para-hydroxylation sites is 1. The highest BCUT2D eigenvalue weighted by atomic mass is 19.1. The zero-order chi connectivity index (χ0) is 17.4. The number of carbonyl (C=O) groups excluding carboxylic acids is 1. The summed E-state index contributed by atoms with van der Waals surface area (Å²) >= 11 is 0. The molecule has 2 N–H and O–H groups in total. The van der Waals surface area contributed by atoms with Crippen molar-refractivity contribution in [2.45, 2.75) is 6.61 Å². The molecule has 2 heterocycles. The van der Waals surface area contributed by atoms with Crippen LogP contribution < -0.4 is 5.73 Å². The molecule has 0 saturated heterocycles. The van der Waals surface area contributed by atoms with Crippen molar-refractivity contribution in [2.75, 3.05) is 5.73 Å². The van der Waals surface area contributed by atoms with E-state index in [1.54, 1.807) is 12.1 Å². The summed E-state index contributed by atoms with van der Waals surface area (Å²) in [6.07, 6.45) is 1.44. The van der Waals surface area contributed by atoms with Crippen LogP contribution >= 0.6 is 0 Å². The molecule has 0 spiro atoms. The lowest BCUT2D eigenvalue weighted by Gasteiger charge is -2.03. The smallest absolute Gasteiger partial charge is 0.358 e. The van der Waals surface area contributed by atoms with Gasteiger partial charge in [0.2, 0.25) is 5.95 Å². The third-order valence-electron chi connectivity index (χ3n) is 3.83.